The highest BCUT2D eigenvalue weighted by Gasteiger charge is 2.17. The lowest BCUT2D eigenvalue weighted by atomic mass is 10.1. The third-order valence-corrected chi connectivity index (χ3v) is 2.33. The van der Waals surface area contributed by atoms with Gasteiger partial charge >= 0.3 is 0 Å². The first-order chi connectivity index (χ1) is 7.76. The first-order valence-corrected chi connectivity index (χ1v) is 6.32. The number of nitrogens with zero attached hydrogens (tertiary/aromatic N) is 1. The highest BCUT2D eigenvalue weighted by Crippen LogP contribution is 2.01. The van der Waals surface area contributed by atoms with E-state index >= 15 is 0 Å². The maximum atomic E-state index is 11.7. The molecule has 0 bridgehead atoms. The lowest BCUT2D eigenvalue weighted by Gasteiger charge is -2.25. The predicted molar refractivity (Wildman–Crippen MR) is 69.7 cm³/mol. The molecular weight excluding hydrogens is 216 g/mol. The van der Waals surface area contributed by atoms with Crippen molar-refractivity contribution < 1.29 is 9.59 Å². The van der Waals surface area contributed by atoms with Gasteiger partial charge in [0.1, 0.15) is 0 Å². The summed E-state index contributed by atoms with van der Waals surface area (Å²) in [6.45, 7) is 10.2. The summed E-state index contributed by atoms with van der Waals surface area (Å²) in [4.78, 5) is 24.7. The second-order valence-electron chi connectivity index (χ2n) is 5.45. The van der Waals surface area contributed by atoms with E-state index in [2.05, 4.69) is 12.2 Å². The molecule has 0 unspecified atom stereocenters. The van der Waals surface area contributed by atoms with E-state index in [9.17, 15) is 9.59 Å². The van der Waals surface area contributed by atoms with Crippen LogP contribution in [0.5, 0.6) is 0 Å². The number of rotatable bonds is 6. The average Bonchev–Trinajstić information content (AvgIpc) is 2.13. The van der Waals surface area contributed by atoms with E-state index in [1.807, 2.05) is 20.8 Å². The molecule has 0 saturated carbocycles. The SMILES string of the molecule is CCCCCN(CC(=O)NC(C)(C)C)C(C)=O. The first-order valence-electron chi connectivity index (χ1n) is 6.32. The minimum atomic E-state index is -0.247. The molecule has 0 aliphatic rings. The fraction of sp³-hybridized carbons (Fsp3) is 0.846. The van der Waals surface area contributed by atoms with E-state index < -0.39 is 0 Å². The molecule has 4 nitrogen and oxygen atoms in total. The zero-order valence-corrected chi connectivity index (χ0v) is 11.8. The van der Waals surface area contributed by atoms with Crippen LogP contribution in [0.25, 0.3) is 0 Å². The molecule has 0 atom stereocenters. The van der Waals surface area contributed by atoms with E-state index in [0.29, 0.717) is 6.54 Å². The summed E-state index contributed by atoms with van der Waals surface area (Å²) in [5, 5.41) is 2.86. The van der Waals surface area contributed by atoms with Gasteiger partial charge < -0.3 is 10.2 Å². The van der Waals surface area contributed by atoms with Crippen LogP contribution < -0.4 is 5.32 Å². The smallest absolute Gasteiger partial charge is 0.240 e. The van der Waals surface area contributed by atoms with E-state index in [-0.39, 0.29) is 23.9 Å². The van der Waals surface area contributed by atoms with Crippen LogP contribution in [0.1, 0.15) is 53.9 Å². The third kappa shape index (κ3) is 8.72. The standard InChI is InChI=1S/C13H26N2O2/c1-6-7-8-9-15(11(2)16)10-12(17)14-13(3,4)5/h6-10H2,1-5H3,(H,14,17). The molecule has 0 aliphatic heterocycles. The van der Waals surface area contributed by atoms with Crippen molar-refractivity contribution in [3.63, 3.8) is 0 Å². The van der Waals surface area contributed by atoms with E-state index in [1.165, 1.54) is 6.92 Å². The molecule has 17 heavy (non-hydrogen) atoms. The Morgan fingerprint density at radius 2 is 1.76 bits per heavy atom. The Bertz CT molecular complexity index is 257. The molecule has 4 heteroatoms. The van der Waals surface area contributed by atoms with E-state index in [0.717, 1.165) is 19.3 Å². The molecule has 0 aromatic rings. The van der Waals surface area contributed by atoms with Crippen molar-refractivity contribution in [3.8, 4) is 0 Å². The fourth-order valence-corrected chi connectivity index (χ4v) is 1.53. The molecule has 100 valence electrons. The summed E-state index contributed by atoms with van der Waals surface area (Å²) in [5.74, 6) is -0.130. The summed E-state index contributed by atoms with van der Waals surface area (Å²) in [6.07, 6.45) is 3.16. The summed E-state index contributed by atoms with van der Waals surface area (Å²) in [5.41, 5.74) is -0.247. The summed E-state index contributed by atoms with van der Waals surface area (Å²) in [6, 6.07) is 0. The average molecular weight is 242 g/mol. The maximum absolute atomic E-state index is 11.7. The highest BCUT2D eigenvalue weighted by atomic mass is 16.2. The monoisotopic (exact) mass is 242 g/mol. The second kappa shape index (κ2) is 7.30. The predicted octanol–water partition coefficient (Wildman–Crippen LogP) is 1.94. The lowest BCUT2D eigenvalue weighted by molar-refractivity contribution is -0.135. The van der Waals surface area contributed by atoms with Gasteiger partial charge in [0, 0.05) is 19.0 Å². The van der Waals surface area contributed by atoms with Gasteiger partial charge in [-0.2, -0.15) is 0 Å². The van der Waals surface area contributed by atoms with Gasteiger partial charge in [-0.05, 0) is 27.2 Å². The number of carbonyl (C=O) groups is 2. The summed E-state index contributed by atoms with van der Waals surface area (Å²) < 4.78 is 0. The topological polar surface area (TPSA) is 49.4 Å². The number of carbonyl (C=O) groups excluding carboxylic acids is 2. The van der Waals surface area contributed by atoms with Crippen molar-refractivity contribution >= 4 is 11.8 Å². The van der Waals surface area contributed by atoms with Gasteiger partial charge in [0.05, 0.1) is 6.54 Å². The van der Waals surface area contributed by atoms with Crippen molar-refractivity contribution in [1.82, 2.24) is 10.2 Å². The van der Waals surface area contributed by atoms with Gasteiger partial charge in [-0.15, -0.1) is 0 Å². The fourth-order valence-electron chi connectivity index (χ4n) is 1.53. The molecule has 2 amide bonds. The molecule has 0 saturated heterocycles. The van der Waals surface area contributed by atoms with E-state index in [1.54, 1.807) is 4.90 Å². The van der Waals surface area contributed by atoms with Crippen molar-refractivity contribution in [2.75, 3.05) is 13.1 Å². The molecule has 0 aliphatic carbocycles. The van der Waals surface area contributed by atoms with Gasteiger partial charge in [0.25, 0.3) is 0 Å². The van der Waals surface area contributed by atoms with Crippen LogP contribution in [0.15, 0.2) is 0 Å². The van der Waals surface area contributed by atoms with Crippen LogP contribution in [-0.2, 0) is 9.59 Å². The first kappa shape index (κ1) is 15.9. The van der Waals surface area contributed by atoms with Gasteiger partial charge in [-0.1, -0.05) is 19.8 Å². The maximum Gasteiger partial charge on any atom is 0.240 e. The largest absolute Gasteiger partial charge is 0.350 e. The molecular formula is C13H26N2O2. The molecule has 0 aromatic carbocycles. The Hall–Kier alpha value is -1.06. The Morgan fingerprint density at radius 1 is 1.18 bits per heavy atom. The van der Waals surface area contributed by atoms with Gasteiger partial charge in [-0.25, -0.2) is 0 Å². The molecule has 0 fully saturated rings. The van der Waals surface area contributed by atoms with Crippen molar-refractivity contribution in [3.05, 3.63) is 0 Å². The van der Waals surface area contributed by atoms with Gasteiger partial charge in [0.2, 0.25) is 11.8 Å². The number of hydrogen-bond donors (Lipinski definition) is 1. The van der Waals surface area contributed by atoms with E-state index in [4.69, 9.17) is 0 Å². The van der Waals surface area contributed by atoms with Crippen molar-refractivity contribution in [2.24, 2.45) is 0 Å². The molecule has 1 N–H and O–H groups in total. The zero-order chi connectivity index (χ0) is 13.5. The Morgan fingerprint density at radius 3 is 2.18 bits per heavy atom. The molecule has 0 radical (unpaired) electrons. The Labute approximate surface area is 105 Å². The van der Waals surface area contributed by atoms with Crippen molar-refractivity contribution in [2.45, 2.75) is 59.4 Å². The van der Waals surface area contributed by atoms with Crippen LogP contribution >= 0.6 is 0 Å². The van der Waals surface area contributed by atoms with Crippen LogP contribution in [0.4, 0.5) is 0 Å². The number of amides is 2. The van der Waals surface area contributed by atoms with Gasteiger partial charge in [0.15, 0.2) is 0 Å². The molecule has 0 aromatic heterocycles. The minimum absolute atomic E-state index is 0.0369. The zero-order valence-electron chi connectivity index (χ0n) is 11.8. The third-order valence-electron chi connectivity index (χ3n) is 2.33. The number of nitrogens with one attached hydrogen (secondary N) is 1. The molecule has 0 spiro atoms. The van der Waals surface area contributed by atoms with Crippen LogP contribution in [0.3, 0.4) is 0 Å². The molecule has 0 rings (SSSR count). The quantitative estimate of drug-likeness (QED) is 0.724. The van der Waals surface area contributed by atoms with Crippen LogP contribution in [0, 0.1) is 0 Å². The Kier molecular flexibility index (Phi) is 6.85. The second-order valence-corrected chi connectivity index (χ2v) is 5.45. The van der Waals surface area contributed by atoms with Crippen LogP contribution in [0.2, 0.25) is 0 Å². The summed E-state index contributed by atoms with van der Waals surface area (Å²) >= 11 is 0. The molecule has 0 heterocycles. The van der Waals surface area contributed by atoms with Crippen molar-refractivity contribution in [1.29, 1.82) is 0 Å². The summed E-state index contributed by atoms with van der Waals surface area (Å²) in [7, 11) is 0. The van der Waals surface area contributed by atoms with Crippen LogP contribution in [-0.4, -0.2) is 35.3 Å². The highest BCUT2D eigenvalue weighted by molar-refractivity contribution is 5.84. The normalized spacial score (nSPS) is 11.1. The number of hydrogen-bond acceptors (Lipinski definition) is 2. The Balaban J connectivity index is 4.16. The number of unbranched alkanes of at least 4 members (excludes halogenated alkanes) is 2. The minimum Gasteiger partial charge on any atom is -0.350 e. The van der Waals surface area contributed by atoms with Gasteiger partial charge in [-0.3, -0.25) is 9.59 Å². The lowest BCUT2D eigenvalue weighted by Crippen LogP contribution is -2.47.